The van der Waals surface area contributed by atoms with Crippen molar-refractivity contribution in [2.24, 2.45) is 0 Å². The molecule has 0 unspecified atom stereocenters. The number of ether oxygens (including phenoxy) is 1. The van der Waals surface area contributed by atoms with Gasteiger partial charge in [0.2, 0.25) is 0 Å². The Kier molecular flexibility index (Phi) is 3.86. The Morgan fingerprint density at radius 3 is 2.85 bits per heavy atom. The number of nitrogen functional groups attached to an aromatic ring is 1. The van der Waals surface area contributed by atoms with Gasteiger partial charge in [0.15, 0.2) is 0 Å². The van der Waals surface area contributed by atoms with Crippen LogP contribution in [0.1, 0.15) is 6.42 Å². The van der Waals surface area contributed by atoms with E-state index in [1.165, 1.54) is 0 Å². The molecule has 0 saturated heterocycles. The zero-order valence-corrected chi connectivity index (χ0v) is 7.92. The molecule has 1 aromatic carbocycles. The highest BCUT2D eigenvalue weighted by molar-refractivity contribution is 6.33. The molecule has 0 saturated carbocycles. The van der Waals surface area contributed by atoms with Gasteiger partial charge in [-0.2, -0.15) is 0 Å². The fourth-order valence-electron chi connectivity index (χ4n) is 0.852. The lowest BCUT2D eigenvalue weighted by Gasteiger charge is -2.05. The standard InChI is InChI=1S/C9H12ClNO2/c10-8-6-7(2-3-9(8)11)13-5-1-4-12/h2-3,6,12H,1,4-5,11H2. The quantitative estimate of drug-likeness (QED) is 0.576. The molecule has 0 fully saturated rings. The van der Waals surface area contributed by atoms with E-state index in [9.17, 15) is 0 Å². The fourth-order valence-corrected chi connectivity index (χ4v) is 1.02. The predicted octanol–water partition coefficient (Wildman–Crippen LogP) is 1.68. The number of benzene rings is 1. The Morgan fingerprint density at radius 2 is 2.23 bits per heavy atom. The summed E-state index contributed by atoms with van der Waals surface area (Å²) in [5.41, 5.74) is 6.05. The van der Waals surface area contributed by atoms with Crippen molar-refractivity contribution in [1.29, 1.82) is 0 Å². The van der Waals surface area contributed by atoms with E-state index in [-0.39, 0.29) is 6.61 Å². The predicted molar refractivity (Wildman–Crippen MR) is 53.1 cm³/mol. The van der Waals surface area contributed by atoms with Gasteiger partial charge >= 0.3 is 0 Å². The summed E-state index contributed by atoms with van der Waals surface area (Å²) in [6, 6.07) is 5.10. The first-order valence-electron chi connectivity index (χ1n) is 4.02. The molecule has 0 spiro atoms. The number of aliphatic hydroxyl groups is 1. The first-order chi connectivity index (χ1) is 6.24. The molecular formula is C9H12ClNO2. The van der Waals surface area contributed by atoms with Gasteiger partial charge in [0.1, 0.15) is 5.75 Å². The van der Waals surface area contributed by atoms with Gasteiger partial charge in [0, 0.05) is 19.1 Å². The van der Waals surface area contributed by atoms with Gasteiger partial charge in [-0.25, -0.2) is 0 Å². The van der Waals surface area contributed by atoms with Crippen LogP contribution >= 0.6 is 11.6 Å². The fraction of sp³-hybridized carbons (Fsp3) is 0.333. The van der Waals surface area contributed by atoms with E-state index in [0.717, 1.165) is 0 Å². The number of aliphatic hydroxyl groups excluding tert-OH is 1. The molecule has 4 heteroatoms. The van der Waals surface area contributed by atoms with Gasteiger partial charge in [0.25, 0.3) is 0 Å². The number of halogens is 1. The van der Waals surface area contributed by atoms with Crippen molar-refractivity contribution in [2.45, 2.75) is 6.42 Å². The maximum absolute atomic E-state index is 8.52. The summed E-state index contributed by atoms with van der Waals surface area (Å²) in [5.74, 6) is 0.674. The second-order valence-electron chi connectivity index (χ2n) is 2.61. The van der Waals surface area contributed by atoms with E-state index in [1.54, 1.807) is 18.2 Å². The van der Waals surface area contributed by atoms with Crippen LogP contribution in [0, 0.1) is 0 Å². The molecule has 0 radical (unpaired) electrons. The first-order valence-corrected chi connectivity index (χ1v) is 4.40. The Hall–Kier alpha value is -0.930. The topological polar surface area (TPSA) is 55.5 Å². The van der Waals surface area contributed by atoms with E-state index >= 15 is 0 Å². The number of anilines is 1. The van der Waals surface area contributed by atoms with E-state index in [4.69, 9.17) is 27.2 Å². The van der Waals surface area contributed by atoms with Crippen molar-refractivity contribution in [3.8, 4) is 5.75 Å². The van der Waals surface area contributed by atoms with Crippen LogP contribution in [0.3, 0.4) is 0 Å². The summed E-state index contributed by atoms with van der Waals surface area (Å²) in [5, 5.41) is 9.00. The van der Waals surface area contributed by atoms with Crippen molar-refractivity contribution in [3.05, 3.63) is 23.2 Å². The minimum absolute atomic E-state index is 0.128. The van der Waals surface area contributed by atoms with Gasteiger partial charge in [-0.15, -0.1) is 0 Å². The van der Waals surface area contributed by atoms with Crippen LogP contribution in [0.5, 0.6) is 5.75 Å². The second-order valence-corrected chi connectivity index (χ2v) is 3.02. The van der Waals surface area contributed by atoms with Crippen LogP contribution in [0.25, 0.3) is 0 Å². The Morgan fingerprint density at radius 1 is 1.46 bits per heavy atom. The third-order valence-corrected chi connectivity index (χ3v) is 1.87. The molecule has 0 bridgehead atoms. The highest BCUT2D eigenvalue weighted by atomic mass is 35.5. The molecule has 0 aliphatic carbocycles. The van der Waals surface area contributed by atoms with E-state index in [2.05, 4.69) is 0 Å². The van der Waals surface area contributed by atoms with Crippen molar-refractivity contribution in [3.63, 3.8) is 0 Å². The lowest BCUT2D eigenvalue weighted by molar-refractivity contribution is 0.233. The summed E-state index contributed by atoms with van der Waals surface area (Å²) in [4.78, 5) is 0. The summed E-state index contributed by atoms with van der Waals surface area (Å²) in [6.45, 7) is 0.611. The molecule has 0 amide bonds. The molecule has 1 aromatic rings. The summed E-state index contributed by atoms with van der Waals surface area (Å²) in [7, 11) is 0. The molecule has 72 valence electrons. The van der Waals surface area contributed by atoms with Crippen LogP contribution in [0.4, 0.5) is 5.69 Å². The second kappa shape index (κ2) is 4.94. The number of rotatable bonds is 4. The largest absolute Gasteiger partial charge is 0.493 e. The molecule has 13 heavy (non-hydrogen) atoms. The molecule has 0 aliphatic rings. The zero-order chi connectivity index (χ0) is 9.68. The summed E-state index contributed by atoms with van der Waals surface area (Å²) < 4.78 is 5.28. The summed E-state index contributed by atoms with van der Waals surface area (Å²) >= 11 is 5.77. The lowest BCUT2D eigenvalue weighted by atomic mass is 10.3. The minimum Gasteiger partial charge on any atom is -0.493 e. The van der Waals surface area contributed by atoms with Crippen LogP contribution in [-0.2, 0) is 0 Å². The molecule has 0 aliphatic heterocycles. The lowest BCUT2D eigenvalue weighted by Crippen LogP contribution is -1.99. The van der Waals surface area contributed by atoms with E-state index in [1.807, 2.05) is 0 Å². The van der Waals surface area contributed by atoms with Gasteiger partial charge < -0.3 is 15.6 Å². The third-order valence-electron chi connectivity index (χ3n) is 1.54. The first kappa shape index (κ1) is 10.2. The molecule has 1 rings (SSSR count). The highest BCUT2D eigenvalue weighted by Gasteiger charge is 1.98. The van der Waals surface area contributed by atoms with Crippen molar-refractivity contribution < 1.29 is 9.84 Å². The average Bonchev–Trinajstić information content (AvgIpc) is 2.12. The monoisotopic (exact) mass is 201 g/mol. The summed E-state index contributed by atoms with van der Waals surface area (Å²) in [6.07, 6.45) is 0.613. The Labute approximate surface area is 82.1 Å². The normalized spacial score (nSPS) is 10.0. The van der Waals surface area contributed by atoms with Gasteiger partial charge in [-0.05, 0) is 12.1 Å². The Balaban J connectivity index is 2.53. The van der Waals surface area contributed by atoms with Crippen LogP contribution in [-0.4, -0.2) is 18.3 Å². The molecule has 0 heterocycles. The SMILES string of the molecule is Nc1ccc(OCCCO)cc1Cl. The minimum atomic E-state index is 0.128. The smallest absolute Gasteiger partial charge is 0.120 e. The Bertz CT molecular complexity index is 278. The number of hydrogen-bond donors (Lipinski definition) is 2. The molecule has 3 nitrogen and oxygen atoms in total. The van der Waals surface area contributed by atoms with Crippen LogP contribution in [0.15, 0.2) is 18.2 Å². The van der Waals surface area contributed by atoms with Crippen molar-refractivity contribution in [1.82, 2.24) is 0 Å². The maximum Gasteiger partial charge on any atom is 0.120 e. The van der Waals surface area contributed by atoms with E-state index in [0.29, 0.717) is 29.5 Å². The maximum atomic E-state index is 8.52. The highest BCUT2D eigenvalue weighted by Crippen LogP contribution is 2.23. The molecule has 0 atom stereocenters. The zero-order valence-electron chi connectivity index (χ0n) is 7.16. The van der Waals surface area contributed by atoms with Crippen LogP contribution < -0.4 is 10.5 Å². The molecular weight excluding hydrogens is 190 g/mol. The van der Waals surface area contributed by atoms with Gasteiger partial charge in [-0.1, -0.05) is 11.6 Å². The third kappa shape index (κ3) is 3.13. The number of nitrogens with two attached hydrogens (primary N) is 1. The van der Waals surface area contributed by atoms with E-state index < -0.39 is 0 Å². The van der Waals surface area contributed by atoms with Gasteiger partial charge in [-0.3, -0.25) is 0 Å². The van der Waals surface area contributed by atoms with Crippen LogP contribution in [0.2, 0.25) is 5.02 Å². The molecule has 0 aromatic heterocycles. The average molecular weight is 202 g/mol. The van der Waals surface area contributed by atoms with Crippen molar-refractivity contribution in [2.75, 3.05) is 18.9 Å². The number of hydrogen-bond acceptors (Lipinski definition) is 3. The van der Waals surface area contributed by atoms with Crippen molar-refractivity contribution >= 4 is 17.3 Å². The molecule has 3 N–H and O–H groups in total. The van der Waals surface area contributed by atoms with Gasteiger partial charge in [0.05, 0.1) is 17.3 Å².